The maximum Gasteiger partial charge on any atom is 0.257 e. The third-order valence-corrected chi connectivity index (χ3v) is 2.93. The first kappa shape index (κ1) is 14.8. The summed E-state index contributed by atoms with van der Waals surface area (Å²) in [5, 5.41) is 11.1. The highest BCUT2D eigenvalue weighted by Crippen LogP contribution is 2.27. The lowest BCUT2D eigenvalue weighted by atomic mass is 10.1. The van der Waals surface area contributed by atoms with Crippen LogP contribution in [0.5, 0.6) is 0 Å². The molecule has 0 radical (unpaired) electrons. The standard InChI is InChI=1S/C15H19N5O/c1-8(2)19-14-11(17)7-12(20-13(14)9(3)16)10-5-4-6-18-15(10)21/h4-8,16,19H,1-3H3,(H2,17,20)(H,18,21). The number of nitrogens with two attached hydrogens (primary N) is 1. The van der Waals surface area contributed by atoms with Crippen molar-refractivity contribution in [1.29, 1.82) is 5.41 Å². The van der Waals surface area contributed by atoms with Gasteiger partial charge in [-0.15, -0.1) is 0 Å². The van der Waals surface area contributed by atoms with Gasteiger partial charge in [-0.2, -0.15) is 0 Å². The maximum absolute atomic E-state index is 11.9. The Bertz CT molecular complexity index is 733. The smallest absolute Gasteiger partial charge is 0.257 e. The van der Waals surface area contributed by atoms with Crippen molar-refractivity contribution in [3.05, 3.63) is 40.4 Å². The van der Waals surface area contributed by atoms with E-state index in [9.17, 15) is 4.79 Å². The predicted octanol–water partition coefficient (Wildman–Crippen LogP) is 2.23. The van der Waals surface area contributed by atoms with Gasteiger partial charge in [0, 0.05) is 12.2 Å². The summed E-state index contributed by atoms with van der Waals surface area (Å²) in [6.45, 7) is 5.61. The molecule has 0 saturated heterocycles. The molecule has 0 amide bonds. The second kappa shape index (κ2) is 5.78. The van der Waals surface area contributed by atoms with Crippen LogP contribution < -0.4 is 16.6 Å². The average molecular weight is 285 g/mol. The van der Waals surface area contributed by atoms with Crippen LogP contribution in [0.4, 0.5) is 11.4 Å². The Labute approximate surface area is 122 Å². The van der Waals surface area contributed by atoms with E-state index >= 15 is 0 Å². The highest BCUT2D eigenvalue weighted by Gasteiger charge is 2.15. The van der Waals surface area contributed by atoms with Crippen LogP contribution in [0.3, 0.4) is 0 Å². The van der Waals surface area contributed by atoms with E-state index in [1.165, 1.54) is 0 Å². The summed E-state index contributed by atoms with van der Waals surface area (Å²) >= 11 is 0. The number of aromatic amines is 1. The summed E-state index contributed by atoms with van der Waals surface area (Å²) in [6, 6.07) is 5.23. The van der Waals surface area contributed by atoms with Crippen LogP contribution in [0.2, 0.25) is 0 Å². The van der Waals surface area contributed by atoms with Crippen molar-refractivity contribution in [2.24, 2.45) is 0 Å². The van der Waals surface area contributed by atoms with E-state index in [4.69, 9.17) is 11.1 Å². The number of hydrogen-bond acceptors (Lipinski definition) is 5. The molecule has 2 heterocycles. The molecule has 0 aliphatic rings. The fraction of sp³-hybridized carbons (Fsp3) is 0.267. The zero-order valence-electron chi connectivity index (χ0n) is 12.3. The van der Waals surface area contributed by atoms with Crippen molar-refractivity contribution in [1.82, 2.24) is 9.97 Å². The number of pyridine rings is 2. The number of nitrogens with zero attached hydrogens (tertiary/aromatic N) is 1. The number of aromatic nitrogens is 2. The molecule has 0 aliphatic carbocycles. The van der Waals surface area contributed by atoms with Crippen molar-refractivity contribution in [2.75, 3.05) is 11.1 Å². The second-order valence-corrected chi connectivity index (χ2v) is 5.16. The normalized spacial score (nSPS) is 10.7. The van der Waals surface area contributed by atoms with E-state index in [0.29, 0.717) is 34.0 Å². The van der Waals surface area contributed by atoms with E-state index in [1.807, 2.05) is 13.8 Å². The Hall–Kier alpha value is -2.63. The minimum atomic E-state index is -0.234. The molecule has 0 saturated carbocycles. The van der Waals surface area contributed by atoms with Crippen LogP contribution in [-0.4, -0.2) is 21.7 Å². The van der Waals surface area contributed by atoms with Gasteiger partial charge in [0.15, 0.2) is 0 Å². The van der Waals surface area contributed by atoms with Crippen LogP contribution in [0, 0.1) is 5.41 Å². The first-order chi connectivity index (χ1) is 9.90. The molecule has 2 aromatic heterocycles. The SMILES string of the molecule is CC(=N)c1nc(-c2ccc[nH]c2=O)cc(N)c1NC(C)C. The number of rotatable bonds is 4. The van der Waals surface area contributed by atoms with E-state index in [-0.39, 0.29) is 11.6 Å². The molecule has 0 atom stereocenters. The van der Waals surface area contributed by atoms with Gasteiger partial charge in [-0.3, -0.25) is 4.79 Å². The van der Waals surface area contributed by atoms with Gasteiger partial charge in [0.1, 0.15) is 5.69 Å². The molecule has 2 rings (SSSR count). The van der Waals surface area contributed by atoms with Crippen LogP contribution in [-0.2, 0) is 0 Å². The van der Waals surface area contributed by atoms with Gasteiger partial charge in [0.25, 0.3) is 5.56 Å². The van der Waals surface area contributed by atoms with E-state index in [1.54, 1.807) is 31.3 Å². The Morgan fingerprint density at radius 1 is 1.48 bits per heavy atom. The van der Waals surface area contributed by atoms with Crippen LogP contribution >= 0.6 is 0 Å². The second-order valence-electron chi connectivity index (χ2n) is 5.16. The fourth-order valence-corrected chi connectivity index (χ4v) is 2.04. The Morgan fingerprint density at radius 3 is 2.76 bits per heavy atom. The van der Waals surface area contributed by atoms with Gasteiger partial charge in [-0.05, 0) is 39.0 Å². The summed E-state index contributed by atoms with van der Waals surface area (Å²) in [6.07, 6.45) is 1.56. The first-order valence-electron chi connectivity index (χ1n) is 6.70. The predicted molar refractivity (Wildman–Crippen MR) is 86.0 cm³/mol. The Morgan fingerprint density at radius 2 is 2.19 bits per heavy atom. The van der Waals surface area contributed by atoms with E-state index < -0.39 is 0 Å². The van der Waals surface area contributed by atoms with Crippen molar-refractivity contribution in [3.63, 3.8) is 0 Å². The molecule has 0 spiro atoms. The molecule has 0 aromatic carbocycles. The minimum absolute atomic E-state index is 0.165. The molecule has 0 fully saturated rings. The molecule has 5 N–H and O–H groups in total. The third-order valence-electron chi connectivity index (χ3n) is 2.93. The molecule has 6 nitrogen and oxygen atoms in total. The molecule has 0 aliphatic heterocycles. The summed E-state index contributed by atoms with van der Waals surface area (Å²) < 4.78 is 0. The van der Waals surface area contributed by atoms with E-state index in [0.717, 1.165) is 0 Å². The van der Waals surface area contributed by atoms with Crippen molar-refractivity contribution >= 4 is 17.1 Å². The molecule has 110 valence electrons. The third kappa shape index (κ3) is 3.10. The van der Waals surface area contributed by atoms with Gasteiger partial charge in [-0.25, -0.2) is 4.98 Å². The molecule has 0 bridgehead atoms. The van der Waals surface area contributed by atoms with Crippen molar-refractivity contribution in [2.45, 2.75) is 26.8 Å². The summed E-state index contributed by atoms with van der Waals surface area (Å²) in [7, 11) is 0. The summed E-state index contributed by atoms with van der Waals surface area (Å²) in [5.74, 6) is 0. The zero-order chi connectivity index (χ0) is 15.6. The van der Waals surface area contributed by atoms with Crippen molar-refractivity contribution in [3.8, 4) is 11.3 Å². The van der Waals surface area contributed by atoms with E-state index in [2.05, 4.69) is 15.3 Å². The summed E-state index contributed by atoms with van der Waals surface area (Å²) in [5.41, 5.74) is 8.60. The number of nitrogens with one attached hydrogen (secondary N) is 3. The van der Waals surface area contributed by atoms with Gasteiger partial charge in [0.2, 0.25) is 0 Å². The molecular weight excluding hydrogens is 266 g/mol. The minimum Gasteiger partial charge on any atom is -0.397 e. The number of H-pyrrole nitrogens is 1. The Balaban J connectivity index is 2.64. The van der Waals surface area contributed by atoms with Gasteiger partial charge in [-0.1, -0.05) is 0 Å². The topological polar surface area (TPSA) is 108 Å². The lowest BCUT2D eigenvalue weighted by molar-refractivity contribution is 0.897. The van der Waals surface area contributed by atoms with Crippen LogP contribution in [0.25, 0.3) is 11.3 Å². The number of nitrogen functional groups attached to an aromatic ring is 1. The van der Waals surface area contributed by atoms with Crippen molar-refractivity contribution < 1.29 is 0 Å². The van der Waals surface area contributed by atoms with Crippen LogP contribution in [0.15, 0.2) is 29.2 Å². The highest BCUT2D eigenvalue weighted by atomic mass is 16.1. The zero-order valence-corrected chi connectivity index (χ0v) is 12.3. The quantitative estimate of drug-likeness (QED) is 0.646. The molecule has 6 heteroatoms. The van der Waals surface area contributed by atoms with Gasteiger partial charge >= 0.3 is 0 Å². The first-order valence-corrected chi connectivity index (χ1v) is 6.70. The van der Waals surface area contributed by atoms with Gasteiger partial charge < -0.3 is 21.4 Å². The average Bonchev–Trinajstić information content (AvgIpc) is 2.40. The maximum atomic E-state index is 11.9. The molecule has 0 unspecified atom stereocenters. The summed E-state index contributed by atoms with van der Waals surface area (Å²) in [4.78, 5) is 18.9. The lowest BCUT2D eigenvalue weighted by Crippen LogP contribution is -2.17. The molecule has 2 aromatic rings. The van der Waals surface area contributed by atoms with Gasteiger partial charge in [0.05, 0.1) is 28.3 Å². The molecule has 21 heavy (non-hydrogen) atoms. The lowest BCUT2D eigenvalue weighted by Gasteiger charge is -2.17. The number of anilines is 2. The highest BCUT2D eigenvalue weighted by molar-refractivity contribution is 6.02. The Kier molecular flexibility index (Phi) is 4.07. The van der Waals surface area contributed by atoms with Crippen LogP contribution in [0.1, 0.15) is 26.5 Å². The molecular formula is C15H19N5O. The fourth-order valence-electron chi connectivity index (χ4n) is 2.04. The monoisotopic (exact) mass is 285 g/mol. The number of hydrogen-bond donors (Lipinski definition) is 4. The largest absolute Gasteiger partial charge is 0.397 e.